The van der Waals surface area contributed by atoms with Crippen molar-refractivity contribution in [1.82, 2.24) is 4.72 Å². The van der Waals surface area contributed by atoms with Crippen molar-refractivity contribution < 1.29 is 17.6 Å². The van der Waals surface area contributed by atoms with E-state index in [9.17, 15) is 13.2 Å². The van der Waals surface area contributed by atoms with Gasteiger partial charge in [0, 0.05) is 15.9 Å². The number of nitrogens with one attached hydrogen (secondary N) is 1. The van der Waals surface area contributed by atoms with Crippen molar-refractivity contribution >= 4 is 43.1 Å². The summed E-state index contributed by atoms with van der Waals surface area (Å²) in [5, 5.41) is 0. The highest BCUT2D eigenvalue weighted by molar-refractivity contribution is 9.10. The molecule has 0 radical (unpaired) electrons. The molecule has 2 heterocycles. The van der Waals surface area contributed by atoms with Crippen LogP contribution in [0.15, 0.2) is 68.6 Å². The summed E-state index contributed by atoms with van der Waals surface area (Å²) in [5.74, 6) is 0.0471. The van der Waals surface area contributed by atoms with Gasteiger partial charge in [-0.2, -0.15) is 0 Å². The van der Waals surface area contributed by atoms with Crippen LogP contribution in [0.4, 0.5) is 0 Å². The zero-order valence-corrected chi connectivity index (χ0v) is 15.4. The molecule has 0 aliphatic rings. The fraction of sp³-hybridized carbons (Fsp3) is 0.0625. The van der Waals surface area contributed by atoms with E-state index >= 15 is 0 Å². The minimum absolute atomic E-state index is 0.120. The number of sulfonamides is 1. The van der Waals surface area contributed by atoms with Gasteiger partial charge in [0.1, 0.15) is 0 Å². The molecule has 3 aromatic rings. The molecule has 0 aliphatic carbocycles. The van der Waals surface area contributed by atoms with E-state index in [4.69, 9.17) is 4.42 Å². The Kier molecular flexibility index (Phi) is 5.00. The third-order valence-electron chi connectivity index (χ3n) is 3.19. The number of thiophene rings is 1. The number of rotatable bonds is 6. The number of carbonyl (C=O) groups excluding carboxylic acids is 1. The SMILES string of the molecule is O=C(c1ccco1)c1ccc(CNS(=O)(=O)c2ccc(Br)cc2)s1. The van der Waals surface area contributed by atoms with Crippen molar-refractivity contribution in [3.05, 3.63) is 74.8 Å². The van der Waals surface area contributed by atoms with Crippen LogP contribution < -0.4 is 4.72 Å². The Morgan fingerprint density at radius 2 is 1.88 bits per heavy atom. The lowest BCUT2D eigenvalue weighted by Gasteiger charge is -2.05. The molecule has 0 atom stereocenters. The molecule has 2 aromatic heterocycles. The van der Waals surface area contributed by atoms with E-state index in [1.54, 1.807) is 36.4 Å². The summed E-state index contributed by atoms with van der Waals surface area (Å²) >= 11 is 4.50. The van der Waals surface area contributed by atoms with Crippen LogP contribution in [0.2, 0.25) is 0 Å². The van der Waals surface area contributed by atoms with Gasteiger partial charge in [-0.05, 0) is 48.5 Å². The molecule has 8 heteroatoms. The van der Waals surface area contributed by atoms with Crippen LogP contribution >= 0.6 is 27.3 Å². The number of hydrogen-bond donors (Lipinski definition) is 1. The van der Waals surface area contributed by atoms with Gasteiger partial charge < -0.3 is 4.42 Å². The smallest absolute Gasteiger partial charge is 0.240 e. The molecule has 5 nitrogen and oxygen atoms in total. The first-order valence-electron chi connectivity index (χ1n) is 6.88. The monoisotopic (exact) mass is 425 g/mol. The van der Waals surface area contributed by atoms with Crippen molar-refractivity contribution in [3.8, 4) is 0 Å². The Morgan fingerprint density at radius 3 is 2.54 bits per heavy atom. The zero-order chi connectivity index (χ0) is 17.2. The highest BCUT2D eigenvalue weighted by atomic mass is 79.9. The minimum atomic E-state index is -3.60. The maximum atomic E-state index is 12.2. The van der Waals surface area contributed by atoms with Gasteiger partial charge in [-0.15, -0.1) is 11.3 Å². The Bertz CT molecular complexity index is 944. The summed E-state index contributed by atoms with van der Waals surface area (Å²) in [5.41, 5.74) is 0. The molecule has 1 N–H and O–H groups in total. The first-order chi connectivity index (χ1) is 11.5. The van der Waals surface area contributed by atoms with Crippen molar-refractivity contribution in [3.63, 3.8) is 0 Å². The van der Waals surface area contributed by atoms with Crippen LogP contribution in [-0.4, -0.2) is 14.2 Å². The van der Waals surface area contributed by atoms with Crippen molar-refractivity contribution in [2.45, 2.75) is 11.4 Å². The summed E-state index contributed by atoms with van der Waals surface area (Å²) in [7, 11) is -3.60. The number of ketones is 1. The molecule has 0 unspecified atom stereocenters. The van der Waals surface area contributed by atoms with Crippen molar-refractivity contribution in [2.75, 3.05) is 0 Å². The fourth-order valence-corrected chi connectivity index (χ4v) is 4.24. The van der Waals surface area contributed by atoms with E-state index in [0.717, 1.165) is 9.35 Å². The second-order valence-electron chi connectivity index (χ2n) is 4.85. The van der Waals surface area contributed by atoms with E-state index < -0.39 is 10.0 Å². The number of carbonyl (C=O) groups is 1. The second kappa shape index (κ2) is 7.02. The Labute approximate surface area is 151 Å². The molecule has 1 aromatic carbocycles. The van der Waals surface area contributed by atoms with Gasteiger partial charge in [-0.1, -0.05) is 15.9 Å². The molecule has 0 amide bonds. The number of hydrogen-bond acceptors (Lipinski definition) is 5. The van der Waals surface area contributed by atoms with E-state index in [0.29, 0.717) is 4.88 Å². The summed E-state index contributed by atoms with van der Waals surface area (Å²) in [6.07, 6.45) is 1.44. The molecule has 0 aliphatic heterocycles. The van der Waals surface area contributed by atoms with Crippen LogP contribution in [0, 0.1) is 0 Å². The van der Waals surface area contributed by atoms with Gasteiger partial charge in [-0.3, -0.25) is 4.79 Å². The van der Waals surface area contributed by atoms with E-state index in [2.05, 4.69) is 20.7 Å². The largest absolute Gasteiger partial charge is 0.461 e. The molecule has 0 saturated heterocycles. The zero-order valence-electron chi connectivity index (χ0n) is 12.2. The summed E-state index contributed by atoms with van der Waals surface area (Å²) < 4.78 is 32.9. The predicted octanol–water partition coefficient (Wildman–Crippen LogP) is 3.81. The quantitative estimate of drug-likeness (QED) is 0.609. The van der Waals surface area contributed by atoms with E-state index in [-0.39, 0.29) is 23.0 Å². The third-order valence-corrected chi connectivity index (χ3v) is 6.22. The van der Waals surface area contributed by atoms with Crippen molar-refractivity contribution in [1.29, 1.82) is 0 Å². The molecular weight excluding hydrogens is 414 g/mol. The first kappa shape index (κ1) is 17.1. The van der Waals surface area contributed by atoms with Crippen LogP contribution in [0.1, 0.15) is 20.3 Å². The average molecular weight is 426 g/mol. The third kappa shape index (κ3) is 3.84. The van der Waals surface area contributed by atoms with Gasteiger partial charge in [0.05, 0.1) is 16.0 Å². The van der Waals surface area contributed by atoms with Gasteiger partial charge in [0.2, 0.25) is 15.8 Å². The average Bonchev–Trinajstić information content (AvgIpc) is 3.25. The minimum Gasteiger partial charge on any atom is -0.461 e. The Hall–Kier alpha value is -1.74. The molecule has 124 valence electrons. The molecule has 0 bridgehead atoms. The van der Waals surface area contributed by atoms with Crippen LogP contribution in [-0.2, 0) is 16.6 Å². The normalized spacial score (nSPS) is 11.5. The molecule has 0 fully saturated rings. The molecule has 3 rings (SSSR count). The topological polar surface area (TPSA) is 76.4 Å². The fourth-order valence-electron chi connectivity index (χ4n) is 1.99. The van der Waals surface area contributed by atoms with Crippen LogP contribution in [0.25, 0.3) is 0 Å². The maximum absolute atomic E-state index is 12.2. The summed E-state index contributed by atoms with van der Waals surface area (Å²) in [6, 6.07) is 13.0. The van der Waals surface area contributed by atoms with Crippen LogP contribution in [0.5, 0.6) is 0 Å². The van der Waals surface area contributed by atoms with Gasteiger partial charge in [0.15, 0.2) is 5.76 Å². The van der Waals surface area contributed by atoms with E-state index in [1.165, 1.54) is 29.7 Å². The van der Waals surface area contributed by atoms with Gasteiger partial charge >= 0.3 is 0 Å². The lowest BCUT2D eigenvalue weighted by atomic mass is 10.2. The molecule has 0 saturated carbocycles. The van der Waals surface area contributed by atoms with Gasteiger partial charge in [-0.25, -0.2) is 13.1 Å². The van der Waals surface area contributed by atoms with Crippen molar-refractivity contribution in [2.24, 2.45) is 0 Å². The molecule has 0 spiro atoms. The first-order valence-corrected chi connectivity index (χ1v) is 9.97. The van der Waals surface area contributed by atoms with E-state index in [1.807, 2.05) is 0 Å². The highest BCUT2D eigenvalue weighted by Gasteiger charge is 2.17. The van der Waals surface area contributed by atoms with Crippen LogP contribution in [0.3, 0.4) is 0 Å². The lowest BCUT2D eigenvalue weighted by molar-refractivity contribution is 0.101. The summed E-state index contributed by atoms with van der Waals surface area (Å²) in [6.45, 7) is 0.120. The summed E-state index contributed by atoms with van der Waals surface area (Å²) in [4.78, 5) is 13.6. The number of halogens is 1. The Morgan fingerprint density at radius 1 is 1.12 bits per heavy atom. The highest BCUT2D eigenvalue weighted by Crippen LogP contribution is 2.21. The molecule has 24 heavy (non-hydrogen) atoms. The number of furan rings is 1. The second-order valence-corrected chi connectivity index (χ2v) is 8.70. The molecular formula is C16H12BrNO4S2. The predicted molar refractivity (Wildman–Crippen MR) is 94.6 cm³/mol. The maximum Gasteiger partial charge on any atom is 0.240 e. The number of benzene rings is 1. The van der Waals surface area contributed by atoms with Gasteiger partial charge in [0.25, 0.3) is 0 Å². The standard InChI is InChI=1S/C16H12BrNO4S2/c17-11-3-6-13(7-4-11)24(20,21)18-10-12-5-8-15(23-12)16(19)14-2-1-9-22-14/h1-9,18H,10H2. The lowest BCUT2D eigenvalue weighted by Crippen LogP contribution is -2.22. The Balaban J connectivity index is 1.69.